The van der Waals surface area contributed by atoms with E-state index in [0.29, 0.717) is 30.0 Å². The molecule has 4 aromatic rings. The third kappa shape index (κ3) is 8.05. The first-order valence-corrected chi connectivity index (χ1v) is 18.6. The number of ether oxygens (including phenoxy) is 2. The van der Waals surface area contributed by atoms with E-state index in [2.05, 4.69) is 22.6 Å². The van der Waals surface area contributed by atoms with Gasteiger partial charge in [-0.15, -0.1) is 5.10 Å². The van der Waals surface area contributed by atoms with Crippen LogP contribution in [0.5, 0.6) is 5.75 Å². The summed E-state index contributed by atoms with van der Waals surface area (Å²) in [6.45, 7) is 6.17. The number of benzene rings is 3. The van der Waals surface area contributed by atoms with Gasteiger partial charge in [-0.25, -0.2) is 0 Å². The number of anilines is 1. The first kappa shape index (κ1) is 32.5. The first-order chi connectivity index (χ1) is 21.7. The highest BCUT2D eigenvalue weighted by Gasteiger charge is 2.50. The standard InChI is InChI=1S/C35H43FN4O4Si/c1-24-32(18-13-25-9-8-12-28(21-25)37-35(42)27-14-16-29(43-2)17-15-27)44-33(34(24)45(3,4)36)19-20-40-22-31(38-39-40)30(23-41)26-10-6-5-7-11-26/h5-12,14-17,21-22,24,30,32-34,41H,13,18-20,23H2,1-4H3,(H,37,42)/t24-,30?,32+,33-,34+/m0/s1. The number of nitrogens with one attached hydrogen (secondary N) is 1. The average molecular weight is 631 g/mol. The zero-order valence-corrected chi connectivity index (χ0v) is 27.4. The lowest BCUT2D eigenvalue weighted by Crippen LogP contribution is -2.36. The summed E-state index contributed by atoms with van der Waals surface area (Å²) in [7, 11) is -1.43. The number of methoxy groups -OCH3 is 1. The summed E-state index contributed by atoms with van der Waals surface area (Å²) < 4.78 is 29.2. The summed E-state index contributed by atoms with van der Waals surface area (Å²) >= 11 is 0. The van der Waals surface area contributed by atoms with Crippen molar-refractivity contribution in [3.05, 3.63) is 107 Å². The van der Waals surface area contributed by atoms with Crippen molar-refractivity contribution in [3.8, 4) is 5.75 Å². The average Bonchev–Trinajstić information content (AvgIpc) is 3.64. The van der Waals surface area contributed by atoms with Crippen LogP contribution in [0.15, 0.2) is 85.1 Å². The summed E-state index contributed by atoms with van der Waals surface area (Å²) in [6.07, 6.45) is 3.75. The van der Waals surface area contributed by atoms with Crippen LogP contribution in [-0.2, 0) is 17.7 Å². The van der Waals surface area contributed by atoms with Crippen LogP contribution in [0.3, 0.4) is 0 Å². The zero-order chi connectivity index (χ0) is 32.0. The number of aliphatic hydroxyl groups is 1. The molecule has 10 heteroatoms. The number of amides is 1. The quantitative estimate of drug-likeness (QED) is 0.127. The Morgan fingerprint density at radius 3 is 2.51 bits per heavy atom. The Hall–Kier alpha value is -3.86. The molecule has 1 unspecified atom stereocenters. The number of aryl methyl sites for hydroxylation is 2. The fourth-order valence-corrected chi connectivity index (χ4v) is 9.20. The van der Waals surface area contributed by atoms with Gasteiger partial charge in [-0.3, -0.25) is 9.48 Å². The molecule has 5 atom stereocenters. The van der Waals surface area contributed by atoms with Crippen molar-refractivity contribution in [2.75, 3.05) is 19.0 Å². The molecule has 0 radical (unpaired) electrons. The van der Waals surface area contributed by atoms with E-state index in [1.54, 1.807) is 49.2 Å². The minimum absolute atomic E-state index is 0.0602. The number of rotatable bonds is 13. The van der Waals surface area contributed by atoms with Crippen LogP contribution in [-0.4, -0.2) is 60.3 Å². The summed E-state index contributed by atoms with van der Waals surface area (Å²) in [5.74, 6) is 0.353. The van der Waals surface area contributed by atoms with Gasteiger partial charge in [0.05, 0.1) is 37.5 Å². The molecular formula is C35H43FN4O4Si. The third-order valence-corrected chi connectivity index (χ3v) is 11.4. The number of nitrogens with zero attached hydrogens (tertiary/aromatic N) is 3. The van der Waals surface area contributed by atoms with Crippen LogP contribution in [0.2, 0.25) is 18.6 Å². The van der Waals surface area contributed by atoms with E-state index in [4.69, 9.17) is 9.47 Å². The molecule has 5 rings (SSSR count). The lowest BCUT2D eigenvalue weighted by molar-refractivity contribution is 0.0247. The minimum atomic E-state index is -3.03. The van der Waals surface area contributed by atoms with Crippen LogP contribution in [0.4, 0.5) is 9.80 Å². The molecule has 0 bridgehead atoms. The Labute approximate surface area is 265 Å². The molecule has 8 nitrogen and oxygen atoms in total. The van der Waals surface area contributed by atoms with E-state index in [1.165, 1.54) is 0 Å². The lowest BCUT2D eigenvalue weighted by atomic mass is 9.95. The van der Waals surface area contributed by atoms with Crippen LogP contribution < -0.4 is 10.1 Å². The van der Waals surface area contributed by atoms with Crippen molar-refractivity contribution in [3.63, 3.8) is 0 Å². The second kappa shape index (κ2) is 14.5. The van der Waals surface area contributed by atoms with Gasteiger partial charge in [0, 0.05) is 29.5 Å². The monoisotopic (exact) mass is 630 g/mol. The van der Waals surface area contributed by atoms with Crippen molar-refractivity contribution in [2.24, 2.45) is 5.92 Å². The molecule has 2 N–H and O–H groups in total. The van der Waals surface area contributed by atoms with Crippen molar-refractivity contribution in [2.45, 2.75) is 69.5 Å². The molecule has 2 heterocycles. The summed E-state index contributed by atoms with van der Waals surface area (Å²) in [5, 5.41) is 21.6. The predicted octanol–water partition coefficient (Wildman–Crippen LogP) is 6.63. The fourth-order valence-electron chi connectivity index (χ4n) is 6.60. The lowest BCUT2D eigenvalue weighted by Gasteiger charge is -2.28. The summed E-state index contributed by atoms with van der Waals surface area (Å²) in [6, 6.07) is 24.6. The Balaban J connectivity index is 1.19. The molecule has 1 aliphatic heterocycles. The largest absolute Gasteiger partial charge is 0.497 e. The smallest absolute Gasteiger partial charge is 0.255 e. The molecule has 0 aliphatic carbocycles. The zero-order valence-electron chi connectivity index (χ0n) is 26.4. The van der Waals surface area contributed by atoms with Crippen LogP contribution in [0.25, 0.3) is 0 Å². The highest BCUT2D eigenvalue weighted by atomic mass is 28.4. The van der Waals surface area contributed by atoms with E-state index < -0.39 is 8.41 Å². The van der Waals surface area contributed by atoms with E-state index in [9.17, 15) is 9.90 Å². The van der Waals surface area contributed by atoms with Gasteiger partial charge < -0.3 is 24.0 Å². The molecule has 1 fully saturated rings. The highest BCUT2D eigenvalue weighted by Crippen LogP contribution is 2.47. The van der Waals surface area contributed by atoms with E-state index in [0.717, 1.165) is 29.7 Å². The van der Waals surface area contributed by atoms with Gasteiger partial charge in [-0.05, 0) is 85.8 Å². The van der Waals surface area contributed by atoms with Gasteiger partial charge in [-0.1, -0.05) is 54.6 Å². The van der Waals surface area contributed by atoms with Gasteiger partial charge in [0.25, 0.3) is 5.91 Å². The molecule has 1 amide bonds. The normalized spacial score (nSPS) is 20.6. The van der Waals surface area contributed by atoms with Gasteiger partial charge >= 0.3 is 0 Å². The molecule has 0 spiro atoms. The van der Waals surface area contributed by atoms with E-state index >= 15 is 4.11 Å². The molecule has 45 heavy (non-hydrogen) atoms. The summed E-state index contributed by atoms with van der Waals surface area (Å²) in [5.41, 5.74) is 3.93. The van der Waals surface area contributed by atoms with Crippen molar-refractivity contribution < 1.29 is 23.5 Å². The minimum Gasteiger partial charge on any atom is -0.497 e. The van der Waals surface area contributed by atoms with Gasteiger partial charge in [0.1, 0.15) is 5.75 Å². The second-order valence-corrected chi connectivity index (χ2v) is 16.2. The fraction of sp³-hybridized carbons (Fsp3) is 0.400. The maximum Gasteiger partial charge on any atom is 0.255 e. The Morgan fingerprint density at radius 2 is 1.82 bits per heavy atom. The number of carbonyl (C=O) groups is 1. The third-order valence-electron chi connectivity index (χ3n) is 8.89. The Kier molecular flexibility index (Phi) is 10.5. The van der Waals surface area contributed by atoms with E-state index in [1.807, 2.05) is 60.8 Å². The molecular weight excluding hydrogens is 587 g/mol. The molecule has 0 saturated carbocycles. The van der Waals surface area contributed by atoms with E-state index in [-0.39, 0.29) is 42.1 Å². The number of hydrogen-bond donors (Lipinski definition) is 2. The van der Waals surface area contributed by atoms with Crippen molar-refractivity contribution >= 4 is 20.0 Å². The first-order valence-electron chi connectivity index (χ1n) is 15.6. The second-order valence-electron chi connectivity index (χ2n) is 12.4. The predicted molar refractivity (Wildman–Crippen MR) is 176 cm³/mol. The van der Waals surface area contributed by atoms with Gasteiger partial charge in [0.15, 0.2) is 0 Å². The van der Waals surface area contributed by atoms with Crippen LogP contribution in [0.1, 0.15) is 52.9 Å². The molecule has 1 aliphatic rings. The van der Waals surface area contributed by atoms with Crippen molar-refractivity contribution in [1.29, 1.82) is 0 Å². The number of hydrogen-bond acceptors (Lipinski definition) is 6. The molecule has 1 saturated heterocycles. The van der Waals surface area contributed by atoms with Gasteiger partial charge in [0.2, 0.25) is 8.41 Å². The topological polar surface area (TPSA) is 98.5 Å². The van der Waals surface area contributed by atoms with Crippen LogP contribution >= 0.6 is 0 Å². The summed E-state index contributed by atoms with van der Waals surface area (Å²) in [4.78, 5) is 12.8. The maximum atomic E-state index is 15.7. The highest BCUT2D eigenvalue weighted by molar-refractivity contribution is 6.72. The molecule has 238 valence electrons. The SMILES string of the molecule is COc1ccc(C(=O)Nc2cccc(CC[C@H]3O[C@@H](CCn4cc(C(CO)c5ccccc5)nn4)[C@H]([Si](C)(C)F)[C@H]3C)c2)cc1. The maximum absolute atomic E-state index is 15.7. The van der Waals surface area contributed by atoms with Gasteiger partial charge in [-0.2, -0.15) is 0 Å². The Bertz CT molecular complexity index is 1540. The number of halogens is 1. The van der Waals surface area contributed by atoms with Crippen LogP contribution in [0, 0.1) is 5.92 Å². The number of aromatic nitrogens is 3. The Morgan fingerprint density at radius 1 is 1.07 bits per heavy atom. The molecule has 3 aromatic carbocycles. The molecule has 1 aromatic heterocycles. The number of aliphatic hydroxyl groups excluding tert-OH is 1. The number of carbonyl (C=O) groups excluding carboxylic acids is 1. The van der Waals surface area contributed by atoms with Crippen molar-refractivity contribution in [1.82, 2.24) is 15.0 Å².